The molecule has 0 aromatic carbocycles. The monoisotopic (exact) mass is 172 g/mol. The van der Waals surface area contributed by atoms with Gasteiger partial charge in [0.05, 0.1) is 0 Å². The number of nitrogens with one attached hydrogen (secondary N) is 2. The maximum atomic E-state index is 3.63. The Bertz CT molecular complexity index is 247. The third kappa shape index (κ3) is 1.56. The fraction of sp³-hybridized carbons (Fsp3) is 0. The summed E-state index contributed by atoms with van der Waals surface area (Å²) in [7, 11) is 0. The first-order valence-corrected chi connectivity index (χ1v) is 2.44. The topological polar surface area (TPSA) is 179 Å². The van der Waals surface area contributed by atoms with Crippen molar-refractivity contribution in [1.82, 2.24) is 53.5 Å². The van der Waals surface area contributed by atoms with Gasteiger partial charge in [-0.1, -0.05) is 0 Å². The second kappa shape index (κ2) is 4.05. The highest BCUT2D eigenvalue weighted by Crippen LogP contribution is 1.99. The van der Waals surface area contributed by atoms with Crippen LogP contribution in [0.25, 0.3) is 11.6 Å². The van der Waals surface area contributed by atoms with Crippen molar-refractivity contribution < 1.29 is 0 Å². The Labute approximate surface area is 66.3 Å². The molecule has 8 N–H and O–H groups in total. The van der Waals surface area contributed by atoms with E-state index in [1.54, 1.807) is 0 Å². The van der Waals surface area contributed by atoms with Crippen LogP contribution < -0.4 is 12.3 Å². The summed E-state index contributed by atoms with van der Waals surface area (Å²) in [5.41, 5.74) is 0. The molecule has 10 heteroatoms. The zero-order valence-electron chi connectivity index (χ0n) is 6.10. The van der Waals surface area contributed by atoms with Crippen molar-refractivity contribution in [2.24, 2.45) is 0 Å². The van der Waals surface area contributed by atoms with Crippen LogP contribution in [0.15, 0.2) is 0 Å². The van der Waals surface area contributed by atoms with Gasteiger partial charge in [0.15, 0.2) is 0 Å². The van der Waals surface area contributed by atoms with E-state index in [0.717, 1.165) is 0 Å². The number of hydrogen-bond donors (Lipinski definition) is 4. The Morgan fingerprint density at radius 1 is 0.750 bits per heavy atom. The van der Waals surface area contributed by atoms with Crippen LogP contribution in [0.5, 0.6) is 0 Å². The normalized spacial score (nSPS) is 8.33. The standard InChI is InChI=1S/C2H2N8.2H3N/c3-1(4-8-7-3)2-5-9-10-6-2;;/h(H,3,4,7,8)(H,5,6,9,10);2*1H3. The predicted octanol–water partition coefficient (Wildman–Crippen LogP) is -1.30. The Kier molecular flexibility index (Phi) is 3.39. The largest absolute Gasteiger partial charge is 0.344 e. The van der Waals surface area contributed by atoms with Gasteiger partial charge in [-0.2, -0.15) is 10.4 Å². The average Bonchev–Trinajstić information content (AvgIpc) is 2.59. The first-order chi connectivity index (χ1) is 4.97. The molecule has 0 aliphatic heterocycles. The summed E-state index contributed by atoms with van der Waals surface area (Å²) in [6.07, 6.45) is 0. The molecule has 0 radical (unpaired) electrons. The van der Waals surface area contributed by atoms with Crippen LogP contribution in [0.4, 0.5) is 0 Å². The van der Waals surface area contributed by atoms with Crippen molar-refractivity contribution in [2.45, 2.75) is 0 Å². The van der Waals surface area contributed by atoms with Gasteiger partial charge in [0, 0.05) is 0 Å². The number of aromatic nitrogens is 8. The number of tetrazole rings is 2. The van der Waals surface area contributed by atoms with Crippen molar-refractivity contribution in [3.8, 4) is 11.6 Å². The molecule has 0 amide bonds. The Morgan fingerprint density at radius 2 is 1.17 bits per heavy atom. The molecule has 0 unspecified atom stereocenters. The molecule has 66 valence electrons. The van der Waals surface area contributed by atoms with Crippen molar-refractivity contribution in [1.29, 1.82) is 0 Å². The van der Waals surface area contributed by atoms with Crippen LogP contribution in [0.1, 0.15) is 0 Å². The fourth-order valence-electron chi connectivity index (χ4n) is 0.513. The van der Waals surface area contributed by atoms with Gasteiger partial charge in [0.1, 0.15) is 0 Å². The lowest BCUT2D eigenvalue weighted by Crippen LogP contribution is -1.83. The summed E-state index contributed by atoms with van der Waals surface area (Å²) >= 11 is 0. The zero-order chi connectivity index (χ0) is 6.81. The molecule has 0 spiro atoms. The highest BCUT2D eigenvalue weighted by atomic mass is 15.5. The smallest absolute Gasteiger partial charge is 0.245 e. The number of nitrogens with zero attached hydrogens (tertiary/aromatic N) is 6. The third-order valence-corrected chi connectivity index (χ3v) is 0.891. The van der Waals surface area contributed by atoms with Gasteiger partial charge in [-0.3, -0.25) is 0 Å². The minimum atomic E-state index is 0. The molecule has 2 aromatic heterocycles. The van der Waals surface area contributed by atoms with E-state index < -0.39 is 0 Å². The minimum Gasteiger partial charge on any atom is -0.344 e. The Hall–Kier alpha value is -1.94. The predicted molar refractivity (Wildman–Crippen MR) is 37.4 cm³/mol. The molecular weight excluding hydrogens is 164 g/mol. The Morgan fingerprint density at radius 3 is 1.42 bits per heavy atom. The molecule has 2 rings (SSSR count). The molecule has 0 saturated carbocycles. The van der Waals surface area contributed by atoms with Crippen LogP contribution in [-0.4, -0.2) is 41.2 Å². The van der Waals surface area contributed by atoms with Gasteiger partial charge < -0.3 is 12.3 Å². The van der Waals surface area contributed by atoms with Gasteiger partial charge >= 0.3 is 0 Å². The second-order valence-electron chi connectivity index (χ2n) is 1.47. The third-order valence-electron chi connectivity index (χ3n) is 0.891. The van der Waals surface area contributed by atoms with Gasteiger partial charge in [0.25, 0.3) is 0 Å². The fourth-order valence-corrected chi connectivity index (χ4v) is 0.513. The quantitative estimate of drug-likeness (QED) is 0.409. The van der Waals surface area contributed by atoms with E-state index in [9.17, 15) is 0 Å². The van der Waals surface area contributed by atoms with E-state index in [1.165, 1.54) is 0 Å². The van der Waals surface area contributed by atoms with Crippen molar-refractivity contribution >= 4 is 0 Å². The molecular formula is C2H8N10. The molecule has 10 nitrogen and oxygen atoms in total. The molecule has 0 fully saturated rings. The summed E-state index contributed by atoms with van der Waals surface area (Å²) < 4.78 is 0. The SMILES string of the molecule is N.N.n1nc(-c2nn[nH]n2)n[nH]1. The lowest BCUT2D eigenvalue weighted by atomic mass is 10.6. The lowest BCUT2D eigenvalue weighted by Gasteiger charge is -1.74. The highest BCUT2D eigenvalue weighted by molar-refractivity contribution is 5.37. The van der Waals surface area contributed by atoms with Gasteiger partial charge in [-0.25, -0.2) is 0 Å². The van der Waals surface area contributed by atoms with Crippen molar-refractivity contribution in [3.63, 3.8) is 0 Å². The van der Waals surface area contributed by atoms with Crippen LogP contribution in [0, 0.1) is 0 Å². The molecule has 0 bridgehead atoms. The summed E-state index contributed by atoms with van der Waals surface area (Å²) in [6, 6.07) is 0. The maximum absolute atomic E-state index is 3.63. The summed E-state index contributed by atoms with van der Waals surface area (Å²) in [6.45, 7) is 0. The van der Waals surface area contributed by atoms with Crippen LogP contribution >= 0.6 is 0 Å². The second-order valence-corrected chi connectivity index (χ2v) is 1.47. The van der Waals surface area contributed by atoms with Gasteiger partial charge in [0.2, 0.25) is 11.6 Å². The van der Waals surface area contributed by atoms with Crippen molar-refractivity contribution in [3.05, 3.63) is 0 Å². The molecule has 0 saturated heterocycles. The van der Waals surface area contributed by atoms with Gasteiger partial charge in [-0.15, -0.1) is 20.4 Å². The summed E-state index contributed by atoms with van der Waals surface area (Å²) in [5, 5.41) is 25.7. The van der Waals surface area contributed by atoms with E-state index in [4.69, 9.17) is 0 Å². The first kappa shape index (κ1) is 10.1. The zero-order valence-corrected chi connectivity index (χ0v) is 6.10. The highest BCUT2D eigenvalue weighted by Gasteiger charge is 2.05. The molecule has 0 aliphatic carbocycles. The maximum Gasteiger partial charge on any atom is 0.245 e. The molecule has 2 heterocycles. The summed E-state index contributed by atoms with van der Waals surface area (Å²) in [4.78, 5) is 0. The van der Waals surface area contributed by atoms with E-state index in [1.807, 2.05) is 0 Å². The molecule has 0 aliphatic rings. The average molecular weight is 172 g/mol. The number of rotatable bonds is 1. The molecule has 0 atom stereocenters. The minimum absolute atomic E-state index is 0. The molecule has 2 aromatic rings. The number of aromatic amines is 2. The van der Waals surface area contributed by atoms with Crippen LogP contribution in [0.3, 0.4) is 0 Å². The van der Waals surface area contributed by atoms with Crippen molar-refractivity contribution in [2.75, 3.05) is 0 Å². The summed E-state index contributed by atoms with van der Waals surface area (Å²) in [5.74, 6) is 0.655. The Balaban J connectivity index is 0.000000605. The van der Waals surface area contributed by atoms with Crippen LogP contribution in [-0.2, 0) is 0 Å². The number of H-pyrrole nitrogens is 2. The van der Waals surface area contributed by atoms with E-state index >= 15 is 0 Å². The van der Waals surface area contributed by atoms with E-state index in [0.29, 0.717) is 11.6 Å². The molecule has 12 heavy (non-hydrogen) atoms. The van der Waals surface area contributed by atoms with E-state index in [-0.39, 0.29) is 12.3 Å². The van der Waals surface area contributed by atoms with E-state index in [2.05, 4.69) is 41.2 Å². The number of hydrogen-bond acceptors (Lipinski definition) is 8. The first-order valence-electron chi connectivity index (χ1n) is 2.44. The lowest BCUT2D eigenvalue weighted by molar-refractivity contribution is 0.881. The van der Waals surface area contributed by atoms with Crippen LogP contribution in [0.2, 0.25) is 0 Å². The van der Waals surface area contributed by atoms with Gasteiger partial charge in [-0.05, 0) is 10.4 Å².